The molecule has 0 aromatic carbocycles. The lowest BCUT2D eigenvalue weighted by Crippen LogP contribution is -2.37. The number of aromatic hydroxyl groups is 1. The highest BCUT2D eigenvalue weighted by molar-refractivity contribution is 5.42. The molecule has 0 atom stereocenters. The van der Waals surface area contributed by atoms with E-state index >= 15 is 0 Å². The minimum Gasteiger partial charge on any atom is -0.506 e. The third-order valence-corrected chi connectivity index (χ3v) is 1.91. The molecule has 2 heterocycles. The largest absolute Gasteiger partial charge is 0.506 e. The van der Waals surface area contributed by atoms with E-state index in [0.717, 1.165) is 18.9 Å². The smallest absolute Gasteiger partial charge is 0.134 e. The van der Waals surface area contributed by atoms with Crippen LogP contribution in [0.5, 0.6) is 5.75 Å². The molecule has 58 valence electrons. The number of hydrogen-bond donors (Lipinski definition) is 1. The van der Waals surface area contributed by atoms with Crippen molar-refractivity contribution in [3.63, 3.8) is 0 Å². The van der Waals surface area contributed by atoms with Gasteiger partial charge in [-0.3, -0.25) is 0 Å². The molecule has 0 spiro atoms. The van der Waals surface area contributed by atoms with Crippen molar-refractivity contribution in [3.8, 4) is 5.75 Å². The number of rotatable bonds is 1. The first-order valence-electron chi connectivity index (χ1n) is 3.76. The lowest BCUT2D eigenvalue weighted by atomic mass is 10.2. The second-order valence-electron chi connectivity index (χ2n) is 2.72. The monoisotopic (exact) mass is 150 g/mol. The zero-order chi connectivity index (χ0) is 7.68. The van der Waals surface area contributed by atoms with E-state index in [2.05, 4.69) is 9.88 Å². The standard InChI is InChI=1S/C8H10N2O/c11-7-2-3-8(9-6-7)10-4-1-5-10/h2-3,6,11H,1,4-5H2. The Kier molecular flexibility index (Phi) is 1.42. The van der Waals surface area contributed by atoms with Crippen molar-refractivity contribution in [2.75, 3.05) is 18.0 Å². The van der Waals surface area contributed by atoms with Gasteiger partial charge >= 0.3 is 0 Å². The van der Waals surface area contributed by atoms with Gasteiger partial charge in [0.05, 0.1) is 6.20 Å². The van der Waals surface area contributed by atoms with Gasteiger partial charge in [0.25, 0.3) is 0 Å². The molecule has 0 unspecified atom stereocenters. The van der Waals surface area contributed by atoms with Crippen molar-refractivity contribution in [2.45, 2.75) is 6.42 Å². The van der Waals surface area contributed by atoms with Crippen LogP contribution in [0.25, 0.3) is 0 Å². The van der Waals surface area contributed by atoms with E-state index < -0.39 is 0 Å². The molecule has 0 saturated carbocycles. The summed E-state index contributed by atoms with van der Waals surface area (Å²) in [5, 5.41) is 8.95. The van der Waals surface area contributed by atoms with E-state index in [4.69, 9.17) is 5.11 Å². The summed E-state index contributed by atoms with van der Waals surface area (Å²) in [7, 11) is 0. The zero-order valence-electron chi connectivity index (χ0n) is 6.20. The number of hydrogen-bond acceptors (Lipinski definition) is 3. The molecule has 0 amide bonds. The van der Waals surface area contributed by atoms with Crippen molar-refractivity contribution < 1.29 is 5.11 Å². The fourth-order valence-corrected chi connectivity index (χ4v) is 1.11. The van der Waals surface area contributed by atoms with Gasteiger partial charge in [-0.15, -0.1) is 0 Å². The third kappa shape index (κ3) is 1.13. The Morgan fingerprint density at radius 1 is 1.36 bits per heavy atom. The summed E-state index contributed by atoms with van der Waals surface area (Å²) in [5.41, 5.74) is 0. The second-order valence-corrected chi connectivity index (χ2v) is 2.72. The molecule has 1 saturated heterocycles. The van der Waals surface area contributed by atoms with Gasteiger partial charge in [-0.25, -0.2) is 4.98 Å². The minimum absolute atomic E-state index is 0.231. The Hall–Kier alpha value is -1.25. The molecule has 1 N–H and O–H groups in total. The van der Waals surface area contributed by atoms with Crippen molar-refractivity contribution in [1.29, 1.82) is 0 Å². The lowest BCUT2D eigenvalue weighted by Gasteiger charge is -2.31. The van der Waals surface area contributed by atoms with Crippen LogP contribution in [0.15, 0.2) is 18.3 Å². The highest BCUT2D eigenvalue weighted by Crippen LogP contribution is 2.18. The highest BCUT2D eigenvalue weighted by Gasteiger charge is 2.14. The van der Waals surface area contributed by atoms with E-state index in [0.29, 0.717) is 0 Å². The quantitative estimate of drug-likeness (QED) is 0.648. The third-order valence-electron chi connectivity index (χ3n) is 1.91. The van der Waals surface area contributed by atoms with Crippen LogP contribution in [0, 0.1) is 0 Å². The summed E-state index contributed by atoms with van der Waals surface area (Å²) in [6.07, 6.45) is 2.73. The Labute approximate surface area is 65.3 Å². The fraction of sp³-hybridized carbons (Fsp3) is 0.375. The molecular formula is C8H10N2O. The van der Waals surface area contributed by atoms with Gasteiger partial charge in [0.1, 0.15) is 11.6 Å². The van der Waals surface area contributed by atoms with Crippen molar-refractivity contribution in [1.82, 2.24) is 4.98 Å². The molecule has 3 nitrogen and oxygen atoms in total. The zero-order valence-corrected chi connectivity index (χ0v) is 6.20. The molecule has 1 aromatic heterocycles. The lowest BCUT2D eigenvalue weighted by molar-refractivity contribution is 0.472. The highest BCUT2D eigenvalue weighted by atomic mass is 16.3. The SMILES string of the molecule is Oc1ccc(N2CCC2)nc1. The van der Waals surface area contributed by atoms with Gasteiger partial charge in [0.15, 0.2) is 0 Å². The van der Waals surface area contributed by atoms with Crippen LogP contribution < -0.4 is 4.90 Å². The van der Waals surface area contributed by atoms with Crippen molar-refractivity contribution >= 4 is 5.82 Å². The summed E-state index contributed by atoms with van der Waals surface area (Å²) in [4.78, 5) is 6.26. The minimum atomic E-state index is 0.231. The Balaban J connectivity index is 2.18. The van der Waals surface area contributed by atoms with Gasteiger partial charge in [-0.1, -0.05) is 0 Å². The molecule has 1 aromatic rings. The summed E-state index contributed by atoms with van der Waals surface area (Å²) in [6, 6.07) is 3.51. The van der Waals surface area contributed by atoms with Gasteiger partial charge in [0, 0.05) is 13.1 Å². The van der Waals surface area contributed by atoms with E-state index in [-0.39, 0.29) is 5.75 Å². The molecule has 1 aliphatic rings. The second kappa shape index (κ2) is 2.42. The Bertz CT molecular complexity index is 241. The van der Waals surface area contributed by atoms with Crippen LogP contribution in [-0.4, -0.2) is 23.2 Å². The maximum atomic E-state index is 8.95. The number of pyridine rings is 1. The summed E-state index contributed by atoms with van der Waals surface area (Å²) >= 11 is 0. The van der Waals surface area contributed by atoms with Crippen molar-refractivity contribution in [3.05, 3.63) is 18.3 Å². The molecule has 1 fully saturated rings. The maximum absolute atomic E-state index is 8.95. The van der Waals surface area contributed by atoms with Crippen molar-refractivity contribution in [2.24, 2.45) is 0 Å². The predicted molar refractivity (Wildman–Crippen MR) is 42.7 cm³/mol. The molecule has 0 bridgehead atoms. The number of aromatic nitrogens is 1. The number of nitrogens with zero attached hydrogens (tertiary/aromatic N) is 2. The predicted octanol–water partition coefficient (Wildman–Crippen LogP) is 0.997. The fourth-order valence-electron chi connectivity index (χ4n) is 1.11. The maximum Gasteiger partial charge on any atom is 0.134 e. The van der Waals surface area contributed by atoms with Gasteiger partial charge < -0.3 is 10.0 Å². The average molecular weight is 150 g/mol. The Morgan fingerprint density at radius 2 is 2.18 bits per heavy atom. The Morgan fingerprint density at radius 3 is 2.64 bits per heavy atom. The average Bonchev–Trinajstić information content (AvgIpc) is 1.90. The molecule has 0 radical (unpaired) electrons. The van der Waals surface area contributed by atoms with Gasteiger partial charge in [-0.05, 0) is 18.6 Å². The molecule has 0 aliphatic carbocycles. The molecule has 1 aliphatic heterocycles. The summed E-state index contributed by atoms with van der Waals surface area (Å²) in [6.45, 7) is 2.19. The van der Waals surface area contributed by atoms with Gasteiger partial charge in [0.2, 0.25) is 0 Å². The van der Waals surface area contributed by atoms with Crippen LogP contribution >= 0.6 is 0 Å². The van der Waals surface area contributed by atoms with E-state index in [1.165, 1.54) is 12.6 Å². The van der Waals surface area contributed by atoms with Crippen LogP contribution in [0.1, 0.15) is 6.42 Å². The first-order chi connectivity index (χ1) is 5.36. The van der Waals surface area contributed by atoms with E-state index in [1.807, 2.05) is 6.07 Å². The first-order valence-corrected chi connectivity index (χ1v) is 3.76. The molecule has 3 heteroatoms. The van der Waals surface area contributed by atoms with E-state index in [9.17, 15) is 0 Å². The topological polar surface area (TPSA) is 36.4 Å². The van der Waals surface area contributed by atoms with E-state index in [1.54, 1.807) is 6.07 Å². The van der Waals surface area contributed by atoms with Crippen LogP contribution in [0.3, 0.4) is 0 Å². The molecular weight excluding hydrogens is 140 g/mol. The van der Waals surface area contributed by atoms with Crippen LogP contribution in [0.2, 0.25) is 0 Å². The van der Waals surface area contributed by atoms with Crippen LogP contribution in [-0.2, 0) is 0 Å². The molecule has 2 rings (SSSR count). The molecule has 11 heavy (non-hydrogen) atoms. The van der Waals surface area contributed by atoms with Gasteiger partial charge in [-0.2, -0.15) is 0 Å². The normalized spacial score (nSPS) is 16.2. The summed E-state index contributed by atoms with van der Waals surface area (Å²) < 4.78 is 0. The summed E-state index contributed by atoms with van der Waals surface area (Å²) in [5.74, 6) is 1.20. The van der Waals surface area contributed by atoms with Crippen LogP contribution in [0.4, 0.5) is 5.82 Å². The number of anilines is 1. The first kappa shape index (κ1) is 6.46.